The molecule has 0 heterocycles. The van der Waals surface area contributed by atoms with E-state index in [4.69, 9.17) is 14.7 Å². The van der Waals surface area contributed by atoms with Gasteiger partial charge in [-0.3, -0.25) is 9.59 Å². The summed E-state index contributed by atoms with van der Waals surface area (Å²) in [6.45, 7) is 0. The van der Waals surface area contributed by atoms with Gasteiger partial charge in [0, 0.05) is 0 Å². The first kappa shape index (κ1) is 22.0. The van der Waals surface area contributed by atoms with Gasteiger partial charge < -0.3 is 9.47 Å². The lowest BCUT2D eigenvalue weighted by Gasteiger charge is -2.27. The molecule has 1 aliphatic carbocycles. The molecule has 0 radical (unpaired) electrons. The zero-order valence-electron chi connectivity index (χ0n) is 18.4. The number of nitriles is 1. The van der Waals surface area contributed by atoms with Crippen LogP contribution in [0.2, 0.25) is 0 Å². The Kier molecular flexibility index (Phi) is 6.10. The first-order valence-electron chi connectivity index (χ1n) is 10.6. The lowest BCUT2D eigenvalue weighted by Crippen LogP contribution is -2.38. The van der Waals surface area contributed by atoms with Gasteiger partial charge in [-0.25, -0.2) is 0 Å². The molecule has 1 atom stereocenters. The van der Waals surface area contributed by atoms with Crippen LogP contribution in [0.5, 0.6) is 0 Å². The van der Waals surface area contributed by atoms with Crippen molar-refractivity contribution in [3.05, 3.63) is 107 Å². The fraction of sp³-hybridized carbons (Fsp3) is 0.179. The molecule has 33 heavy (non-hydrogen) atoms. The van der Waals surface area contributed by atoms with Crippen LogP contribution in [0.4, 0.5) is 0 Å². The van der Waals surface area contributed by atoms with Gasteiger partial charge in [-0.2, -0.15) is 5.26 Å². The molecule has 0 fully saturated rings. The number of carbonyl (C=O) groups excluding carboxylic acids is 2. The van der Waals surface area contributed by atoms with E-state index in [9.17, 15) is 9.59 Å². The summed E-state index contributed by atoms with van der Waals surface area (Å²) in [7, 11) is 2.66. The number of carbonyl (C=O) groups is 2. The van der Waals surface area contributed by atoms with E-state index in [1.54, 1.807) is 24.3 Å². The molecule has 0 aliphatic heterocycles. The summed E-state index contributed by atoms with van der Waals surface area (Å²) >= 11 is 0. The van der Waals surface area contributed by atoms with E-state index in [-0.39, 0.29) is 6.42 Å². The van der Waals surface area contributed by atoms with Crippen molar-refractivity contribution in [3.8, 4) is 6.07 Å². The van der Waals surface area contributed by atoms with E-state index in [2.05, 4.69) is 6.07 Å². The van der Waals surface area contributed by atoms with Crippen LogP contribution in [-0.2, 0) is 25.5 Å². The number of esters is 2. The normalized spacial score (nSPS) is 14.7. The van der Waals surface area contributed by atoms with Crippen molar-refractivity contribution in [2.24, 2.45) is 11.3 Å². The molecular weight excluding hydrogens is 414 g/mol. The first-order chi connectivity index (χ1) is 16.1. The third-order valence-corrected chi connectivity index (χ3v) is 6.14. The Morgan fingerprint density at radius 3 is 1.76 bits per heavy atom. The average Bonchev–Trinajstić information content (AvgIpc) is 3.58. The highest BCUT2D eigenvalue weighted by atomic mass is 16.5. The highest BCUT2D eigenvalue weighted by Gasteiger charge is 2.67. The van der Waals surface area contributed by atoms with Gasteiger partial charge in [-0.1, -0.05) is 72.8 Å². The van der Waals surface area contributed by atoms with E-state index in [1.165, 1.54) is 14.2 Å². The molecular formula is C28H23NO4. The minimum absolute atomic E-state index is 0.250. The molecule has 0 bridgehead atoms. The molecule has 1 aliphatic rings. The average molecular weight is 437 g/mol. The maximum absolute atomic E-state index is 13.5. The largest absolute Gasteiger partial charge is 0.469 e. The lowest BCUT2D eigenvalue weighted by molar-refractivity contribution is -0.157. The maximum Gasteiger partial charge on any atom is 0.321 e. The second kappa shape index (κ2) is 9.13. The summed E-state index contributed by atoms with van der Waals surface area (Å²) in [5.74, 6) is -1.83. The lowest BCUT2D eigenvalue weighted by atomic mass is 9.76. The summed E-state index contributed by atoms with van der Waals surface area (Å²) in [6, 6.07) is 28.2. The Hall–Kier alpha value is -4.17. The number of benzene rings is 3. The van der Waals surface area contributed by atoms with Crippen molar-refractivity contribution >= 4 is 23.1 Å². The van der Waals surface area contributed by atoms with Crippen LogP contribution in [0.25, 0.3) is 11.1 Å². The highest BCUT2D eigenvalue weighted by molar-refractivity contribution is 6.28. The number of hydrogen-bond acceptors (Lipinski definition) is 5. The molecule has 164 valence electrons. The summed E-state index contributed by atoms with van der Waals surface area (Å²) < 4.78 is 10.5. The predicted octanol–water partition coefficient (Wildman–Crippen LogP) is 4.67. The zero-order valence-corrected chi connectivity index (χ0v) is 18.4. The number of methoxy groups -OCH3 is 2. The van der Waals surface area contributed by atoms with Gasteiger partial charge in [-0.15, -0.1) is 0 Å². The van der Waals surface area contributed by atoms with Gasteiger partial charge in [-0.05, 0) is 46.4 Å². The van der Waals surface area contributed by atoms with Crippen LogP contribution in [0, 0.1) is 22.7 Å². The Labute approximate surface area is 192 Å². The second-order valence-electron chi connectivity index (χ2n) is 7.87. The van der Waals surface area contributed by atoms with Crippen molar-refractivity contribution in [2.75, 3.05) is 14.2 Å². The van der Waals surface area contributed by atoms with Crippen molar-refractivity contribution in [2.45, 2.75) is 6.42 Å². The smallest absolute Gasteiger partial charge is 0.321 e. The van der Waals surface area contributed by atoms with Crippen LogP contribution >= 0.6 is 0 Å². The van der Waals surface area contributed by atoms with Crippen LogP contribution in [0.3, 0.4) is 0 Å². The molecule has 5 heteroatoms. The van der Waals surface area contributed by atoms with Gasteiger partial charge in [0.1, 0.15) is 5.41 Å². The van der Waals surface area contributed by atoms with Crippen LogP contribution in [0.1, 0.15) is 22.3 Å². The van der Waals surface area contributed by atoms with Crippen molar-refractivity contribution in [3.63, 3.8) is 0 Å². The molecule has 4 rings (SSSR count). The standard InChI is InChI=1S/C28H23NO4/c1-32-26(30)23(17-19-13-15-20(18-29)16-14-19)28(27(31)33-2)24(21-9-5-3-6-10-21)25(28)22-11-7-4-8-12-22/h3-16,23H,17H2,1-2H3. The minimum Gasteiger partial charge on any atom is -0.469 e. The summed E-state index contributed by atoms with van der Waals surface area (Å²) in [5, 5.41) is 9.11. The molecule has 3 aromatic carbocycles. The summed E-state index contributed by atoms with van der Waals surface area (Å²) in [4.78, 5) is 26.7. The number of rotatable bonds is 7. The Morgan fingerprint density at radius 2 is 1.33 bits per heavy atom. The van der Waals surface area contributed by atoms with Gasteiger partial charge in [0.2, 0.25) is 0 Å². The maximum atomic E-state index is 13.5. The predicted molar refractivity (Wildman–Crippen MR) is 125 cm³/mol. The van der Waals surface area contributed by atoms with Crippen molar-refractivity contribution < 1.29 is 19.1 Å². The molecule has 0 amide bonds. The molecule has 5 nitrogen and oxygen atoms in total. The Bertz CT molecular complexity index is 1190. The summed E-state index contributed by atoms with van der Waals surface area (Å²) in [6.07, 6.45) is 0.250. The second-order valence-corrected chi connectivity index (χ2v) is 7.87. The van der Waals surface area contributed by atoms with Crippen LogP contribution in [-0.4, -0.2) is 26.2 Å². The molecule has 0 saturated heterocycles. The van der Waals surface area contributed by atoms with Crippen molar-refractivity contribution in [1.82, 2.24) is 0 Å². The van der Waals surface area contributed by atoms with Gasteiger partial charge in [0.05, 0.1) is 31.8 Å². The van der Waals surface area contributed by atoms with Crippen LogP contribution in [0.15, 0.2) is 84.9 Å². The van der Waals surface area contributed by atoms with E-state index in [0.717, 1.165) is 27.8 Å². The summed E-state index contributed by atoms with van der Waals surface area (Å²) in [5.41, 5.74) is 3.31. The first-order valence-corrected chi connectivity index (χ1v) is 10.6. The van der Waals surface area contributed by atoms with Gasteiger partial charge in [0.15, 0.2) is 0 Å². The number of nitrogens with zero attached hydrogens (tertiary/aromatic N) is 1. The van der Waals surface area contributed by atoms with E-state index in [0.29, 0.717) is 5.56 Å². The van der Waals surface area contributed by atoms with E-state index < -0.39 is 23.3 Å². The molecule has 0 saturated carbocycles. The zero-order chi connectivity index (χ0) is 23.4. The topological polar surface area (TPSA) is 76.4 Å². The molecule has 0 spiro atoms. The van der Waals surface area contributed by atoms with Crippen LogP contribution < -0.4 is 0 Å². The van der Waals surface area contributed by atoms with Gasteiger partial charge >= 0.3 is 11.9 Å². The van der Waals surface area contributed by atoms with E-state index in [1.807, 2.05) is 60.7 Å². The Balaban J connectivity index is 1.89. The van der Waals surface area contributed by atoms with Crippen molar-refractivity contribution in [1.29, 1.82) is 5.26 Å². The fourth-order valence-electron chi connectivity index (χ4n) is 4.61. The van der Waals surface area contributed by atoms with Gasteiger partial charge in [0.25, 0.3) is 0 Å². The monoisotopic (exact) mass is 437 g/mol. The third-order valence-electron chi connectivity index (χ3n) is 6.14. The SMILES string of the molecule is COC(=O)C(Cc1ccc(C#N)cc1)C1(C(=O)OC)C(c2ccccc2)=C1c1ccccc1. The minimum atomic E-state index is -1.28. The molecule has 1 unspecified atom stereocenters. The molecule has 3 aromatic rings. The molecule has 0 N–H and O–H groups in total. The fourth-order valence-corrected chi connectivity index (χ4v) is 4.61. The van der Waals surface area contributed by atoms with E-state index >= 15 is 0 Å². The molecule has 0 aromatic heterocycles. The number of hydrogen-bond donors (Lipinski definition) is 0. The third kappa shape index (κ3) is 3.81. The Morgan fingerprint density at radius 1 is 0.818 bits per heavy atom. The number of ether oxygens (including phenoxy) is 2. The quantitative estimate of drug-likeness (QED) is 0.502. The highest BCUT2D eigenvalue weighted by Crippen LogP contribution is 2.68.